The highest BCUT2D eigenvalue weighted by atomic mass is 19.4. The van der Waals surface area contributed by atoms with Crippen LogP contribution >= 0.6 is 0 Å². The fraction of sp³-hybridized carbons (Fsp3) is 0.250. The Morgan fingerprint density at radius 2 is 2.14 bits per heavy atom. The second-order valence-corrected chi connectivity index (χ2v) is 2.31. The lowest BCUT2D eigenvalue weighted by atomic mass is 10.3. The average molecular weight is 202 g/mol. The lowest BCUT2D eigenvalue weighted by molar-refractivity contribution is -0.141. The van der Waals surface area contributed by atoms with Gasteiger partial charge in [0.05, 0.1) is 0 Å². The molecule has 1 aromatic rings. The molecule has 0 radical (unpaired) electrons. The summed E-state index contributed by atoms with van der Waals surface area (Å²) in [5, 5.41) is 8.13. The molecular formula is C8H5F3N2O. The Hall–Kier alpha value is -1.77. The molecular weight excluding hydrogens is 197 g/mol. The van der Waals surface area contributed by atoms with Crippen LogP contribution in [-0.4, -0.2) is 11.6 Å². The number of alkyl halides is 3. The van der Waals surface area contributed by atoms with Gasteiger partial charge in [-0.3, -0.25) is 0 Å². The number of nitriles is 1. The van der Waals surface area contributed by atoms with Crippen molar-refractivity contribution >= 4 is 0 Å². The van der Waals surface area contributed by atoms with Gasteiger partial charge in [-0.15, -0.1) is 0 Å². The average Bonchev–Trinajstić information content (AvgIpc) is 2.14. The van der Waals surface area contributed by atoms with E-state index in [1.54, 1.807) is 6.07 Å². The van der Waals surface area contributed by atoms with E-state index in [2.05, 4.69) is 9.72 Å². The molecule has 3 nitrogen and oxygen atoms in total. The van der Waals surface area contributed by atoms with Crippen molar-refractivity contribution in [1.29, 1.82) is 5.26 Å². The van der Waals surface area contributed by atoms with E-state index in [4.69, 9.17) is 5.26 Å². The third kappa shape index (κ3) is 2.62. The maximum atomic E-state index is 12.1. The largest absolute Gasteiger partial charge is 0.462 e. The third-order valence-electron chi connectivity index (χ3n) is 1.30. The Kier molecular flexibility index (Phi) is 2.92. The second kappa shape index (κ2) is 3.96. The van der Waals surface area contributed by atoms with Gasteiger partial charge in [0, 0.05) is 6.07 Å². The number of aromatic nitrogens is 1. The van der Waals surface area contributed by atoms with E-state index < -0.39 is 11.9 Å². The molecule has 1 aromatic heterocycles. The molecule has 1 rings (SSSR count). The summed E-state index contributed by atoms with van der Waals surface area (Å²) in [6.45, 7) is -0.325. The highest BCUT2D eigenvalue weighted by molar-refractivity contribution is 5.17. The summed E-state index contributed by atoms with van der Waals surface area (Å²) < 4.78 is 40.9. The number of hydrogen-bond acceptors (Lipinski definition) is 3. The highest BCUT2D eigenvalue weighted by Gasteiger charge is 2.32. The predicted molar refractivity (Wildman–Crippen MR) is 40.3 cm³/mol. The molecule has 0 saturated carbocycles. The van der Waals surface area contributed by atoms with E-state index in [0.717, 1.165) is 6.07 Å². The van der Waals surface area contributed by atoms with E-state index in [-0.39, 0.29) is 12.5 Å². The number of pyridine rings is 1. The Morgan fingerprint density at radius 3 is 2.71 bits per heavy atom. The van der Waals surface area contributed by atoms with Crippen molar-refractivity contribution in [1.82, 2.24) is 4.98 Å². The molecule has 0 atom stereocenters. The Balaban J connectivity index is 2.86. The first-order valence-electron chi connectivity index (χ1n) is 3.58. The minimum Gasteiger partial charge on any atom is -0.462 e. The standard InChI is InChI=1S/C8H5F3N2O/c9-8(10,11)6-2-1-3-7(13-6)14-5-4-12/h1-3H,5H2. The molecule has 0 aliphatic carbocycles. The number of nitrogens with zero attached hydrogens (tertiary/aromatic N) is 2. The molecule has 0 bridgehead atoms. The van der Waals surface area contributed by atoms with Gasteiger partial charge >= 0.3 is 6.18 Å². The molecule has 0 spiro atoms. The summed E-state index contributed by atoms with van der Waals surface area (Å²) in [6.07, 6.45) is -4.49. The first kappa shape index (κ1) is 10.3. The van der Waals surface area contributed by atoms with Gasteiger partial charge < -0.3 is 4.74 Å². The molecule has 0 saturated heterocycles. The molecule has 0 amide bonds. The first-order valence-corrected chi connectivity index (χ1v) is 3.58. The normalized spacial score (nSPS) is 10.7. The molecule has 74 valence electrons. The summed E-state index contributed by atoms with van der Waals surface area (Å²) in [6, 6.07) is 4.89. The predicted octanol–water partition coefficient (Wildman–Crippen LogP) is 2.00. The van der Waals surface area contributed by atoms with Crippen LogP contribution in [0.1, 0.15) is 5.69 Å². The van der Waals surface area contributed by atoms with Crippen LogP contribution in [0.4, 0.5) is 13.2 Å². The molecule has 0 fully saturated rings. The minimum absolute atomic E-state index is 0.207. The molecule has 0 unspecified atom stereocenters. The van der Waals surface area contributed by atoms with Gasteiger partial charge in [0.15, 0.2) is 6.61 Å². The maximum Gasteiger partial charge on any atom is 0.433 e. The number of hydrogen-bond donors (Lipinski definition) is 0. The SMILES string of the molecule is N#CCOc1cccc(C(F)(F)F)n1. The lowest BCUT2D eigenvalue weighted by Crippen LogP contribution is -2.08. The summed E-state index contributed by atoms with van der Waals surface area (Å²) >= 11 is 0. The van der Waals surface area contributed by atoms with E-state index in [0.29, 0.717) is 0 Å². The van der Waals surface area contributed by atoms with Gasteiger partial charge in [0.1, 0.15) is 11.8 Å². The van der Waals surface area contributed by atoms with Crippen LogP contribution in [0.3, 0.4) is 0 Å². The first-order chi connectivity index (χ1) is 6.54. The van der Waals surface area contributed by atoms with Gasteiger partial charge in [-0.25, -0.2) is 4.98 Å². The van der Waals surface area contributed by atoms with E-state index in [1.165, 1.54) is 12.1 Å². The van der Waals surface area contributed by atoms with Crippen molar-refractivity contribution in [3.05, 3.63) is 23.9 Å². The minimum atomic E-state index is -4.49. The summed E-state index contributed by atoms with van der Waals surface area (Å²) in [7, 11) is 0. The number of halogens is 3. The van der Waals surface area contributed by atoms with Crippen LogP contribution in [0.25, 0.3) is 0 Å². The fourth-order valence-corrected chi connectivity index (χ4v) is 0.759. The molecule has 6 heteroatoms. The van der Waals surface area contributed by atoms with E-state index in [1.807, 2.05) is 0 Å². The second-order valence-electron chi connectivity index (χ2n) is 2.31. The highest BCUT2D eigenvalue weighted by Crippen LogP contribution is 2.28. The van der Waals surface area contributed by atoms with Crippen LogP contribution in [0.15, 0.2) is 18.2 Å². The van der Waals surface area contributed by atoms with Gasteiger partial charge in [-0.1, -0.05) is 6.07 Å². The zero-order valence-electron chi connectivity index (χ0n) is 6.88. The van der Waals surface area contributed by atoms with Crippen LogP contribution in [0.5, 0.6) is 5.88 Å². The van der Waals surface area contributed by atoms with Crippen molar-refractivity contribution in [3.8, 4) is 11.9 Å². The molecule has 1 heterocycles. The summed E-state index contributed by atoms with van der Waals surface area (Å²) in [5.74, 6) is -0.207. The van der Waals surface area contributed by atoms with Crippen LogP contribution < -0.4 is 4.74 Å². The van der Waals surface area contributed by atoms with Gasteiger partial charge in [0.25, 0.3) is 0 Å². The fourth-order valence-electron chi connectivity index (χ4n) is 0.759. The van der Waals surface area contributed by atoms with Gasteiger partial charge in [-0.2, -0.15) is 18.4 Å². The van der Waals surface area contributed by atoms with Gasteiger partial charge in [-0.05, 0) is 6.07 Å². The zero-order chi connectivity index (χ0) is 10.6. The molecule has 0 aliphatic rings. The summed E-state index contributed by atoms with van der Waals surface area (Å²) in [5.41, 5.74) is -1.03. The Labute approximate surface area is 77.7 Å². The lowest BCUT2D eigenvalue weighted by Gasteiger charge is -2.06. The molecule has 14 heavy (non-hydrogen) atoms. The van der Waals surface area contributed by atoms with Crippen molar-refractivity contribution in [2.75, 3.05) is 6.61 Å². The topological polar surface area (TPSA) is 45.9 Å². The van der Waals surface area contributed by atoms with Gasteiger partial charge in [0.2, 0.25) is 5.88 Å². The Bertz CT molecular complexity index is 356. The van der Waals surface area contributed by atoms with Crippen LogP contribution in [0, 0.1) is 11.3 Å². The molecule has 0 aliphatic heterocycles. The maximum absolute atomic E-state index is 12.1. The van der Waals surface area contributed by atoms with Crippen LogP contribution in [-0.2, 0) is 6.18 Å². The van der Waals surface area contributed by atoms with Crippen LogP contribution in [0.2, 0.25) is 0 Å². The molecule has 0 aromatic carbocycles. The molecule has 0 N–H and O–H groups in total. The van der Waals surface area contributed by atoms with Crippen molar-refractivity contribution < 1.29 is 17.9 Å². The van der Waals surface area contributed by atoms with Crippen molar-refractivity contribution in [2.45, 2.75) is 6.18 Å². The summed E-state index contributed by atoms with van der Waals surface area (Å²) in [4.78, 5) is 3.18. The number of ether oxygens (including phenoxy) is 1. The number of rotatable bonds is 2. The quantitative estimate of drug-likeness (QED) is 0.736. The monoisotopic (exact) mass is 202 g/mol. The zero-order valence-corrected chi connectivity index (χ0v) is 6.88. The third-order valence-corrected chi connectivity index (χ3v) is 1.30. The van der Waals surface area contributed by atoms with Crippen molar-refractivity contribution in [2.24, 2.45) is 0 Å². The van der Waals surface area contributed by atoms with Crippen molar-refractivity contribution in [3.63, 3.8) is 0 Å². The van der Waals surface area contributed by atoms with E-state index in [9.17, 15) is 13.2 Å². The smallest absolute Gasteiger partial charge is 0.433 e. The van der Waals surface area contributed by atoms with E-state index >= 15 is 0 Å². The Morgan fingerprint density at radius 1 is 1.43 bits per heavy atom.